The first-order valence-corrected chi connectivity index (χ1v) is 10.7. The van der Waals surface area contributed by atoms with E-state index in [-0.39, 0.29) is 17.7 Å². The number of anilines is 2. The second-order valence-corrected chi connectivity index (χ2v) is 9.47. The molecular weight excluding hydrogens is 418 g/mol. The second-order valence-electron chi connectivity index (χ2n) is 9.03. The Kier molecular flexibility index (Phi) is 5.75. The van der Waals surface area contributed by atoms with E-state index in [4.69, 9.17) is 16.3 Å². The standard InChI is InChI=1S/C22H26ClN5O3/c1-22(2,3)31-21(30)28-12-14-10-27(11-15(14)13-28)19-9-24-8-18(26-19)20(29)25-17-6-4-16(23)5-7-17/h4-9,14-15H,10-13H2,1-3H3,(H,25,29)/t14-,15+. The van der Waals surface area contributed by atoms with Crippen LogP contribution in [-0.2, 0) is 4.74 Å². The molecule has 31 heavy (non-hydrogen) atoms. The number of halogens is 1. The molecule has 0 unspecified atom stereocenters. The van der Waals surface area contributed by atoms with Gasteiger partial charge in [0.15, 0.2) is 0 Å². The van der Waals surface area contributed by atoms with Crippen LogP contribution in [0.2, 0.25) is 5.02 Å². The van der Waals surface area contributed by atoms with E-state index < -0.39 is 5.60 Å². The van der Waals surface area contributed by atoms with Crippen molar-refractivity contribution in [3.05, 3.63) is 47.4 Å². The van der Waals surface area contributed by atoms with Gasteiger partial charge in [0.1, 0.15) is 17.1 Å². The van der Waals surface area contributed by atoms with Gasteiger partial charge in [-0.25, -0.2) is 9.78 Å². The molecule has 0 saturated carbocycles. The van der Waals surface area contributed by atoms with Crippen LogP contribution in [0.1, 0.15) is 31.3 Å². The molecule has 0 aliphatic carbocycles. The molecular formula is C22H26ClN5O3. The Morgan fingerprint density at radius 3 is 2.32 bits per heavy atom. The van der Waals surface area contributed by atoms with Gasteiger partial charge in [-0.1, -0.05) is 11.6 Å². The zero-order chi connectivity index (χ0) is 22.2. The largest absolute Gasteiger partial charge is 0.444 e. The summed E-state index contributed by atoms with van der Waals surface area (Å²) in [4.78, 5) is 37.6. The van der Waals surface area contributed by atoms with Crippen molar-refractivity contribution in [2.75, 3.05) is 36.4 Å². The highest BCUT2D eigenvalue weighted by molar-refractivity contribution is 6.30. The Balaban J connectivity index is 1.37. The number of benzene rings is 1. The number of hydrogen-bond donors (Lipinski definition) is 1. The molecule has 8 nitrogen and oxygen atoms in total. The van der Waals surface area contributed by atoms with Crippen molar-refractivity contribution < 1.29 is 14.3 Å². The predicted octanol–water partition coefficient (Wildman–Crippen LogP) is 3.69. The van der Waals surface area contributed by atoms with Crippen LogP contribution in [0, 0.1) is 11.8 Å². The zero-order valence-electron chi connectivity index (χ0n) is 17.8. The van der Waals surface area contributed by atoms with E-state index in [1.54, 1.807) is 35.4 Å². The van der Waals surface area contributed by atoms with E-state index in [0.29, 0.717) is 41.5 Å². The first-order chi connectivity index (χ1) is 14.7. The Labute approximate surface area is 186 Å². The normalized spacial score (nSPS) is 20.5. The number of carbonyl (C=O) groups excluding carboxylic acids is 2. The molecule has 2 fully saturated rings. The number of aromatic nitrogens is 2. The molecule has 2 amide bonds. The lowest BCUT2D eigenvalue weighted by Crippen LogP contribution is -2.37. The molecule has 1 aromatic heterocycles. The number of nitrogens with one attached hydrogen (secondary N) is 1. The summed E-state index contributed by atoms with van der Waals surface area (Å²) < 4.78 is 5.50. The second kappa shape index (κ2) is 8.34. The minimum Gasteiger partial charge on any atom is -0.444 e. The molecule has 164 valence electrons. The lowest BCUT2D eigenvalue weighted by Gasteiger charge is -2.26. The summed E-state index contributed by atoms with van der Waals surface area (Å²) in [5.74, 6) is 1.04. The number of fused-ring (bicyclic) bond motifs is 1. The third-order valence-corrected chi connectivity index (χ3v) is 5.67. The SMILES string of the molecule is CC(C)(C)OC(=O)N1C[C@@H]2CN(c3cncc(C(=O)Nc4ccc(Cl)cc4)n3)C[C@@H]2C1. The number of carbonyl (C=O) groups is 2. The number of amides is 2. The van der Waals surface area contributed by atoms with Gasteiger partial charge in [0.25, 0.3) is 5.91 Å². The van der Waals surface area contributed by atoms with E-state index >= 15 is 0 Å². The fourth-order valence-electron chi connectivity index (χ4n) is 4.00. The number of nitrogens with zero attached hydrogens (tertiary/aromatic N) is 4. The van der Waals surface area contributed by atoms with Gasteiger partial charge in [-0.2, -0.15) is 0 Å². The van der Waals surface area contributed by atoms with E-state index in [9.17, 15) is 9.59 Å². The summed E-state index contributed by atoms with van der Waals surface area (Å²) in [5, 5.41) is 3.40. The van der Waals surface area contributed by atoms with Gasteiger partial charge in [0.2, 0.25) is 0 Å². The summed E-state index contributed by atoms with van der Waals surface area (Å²) >= 11 is 5.88. The highest BCUT2D eigenvalue weighted by atomic mass is 35.5. The topological polar surface area (TPSA) is 87.7 Å². The van der Waals surface area contributed by atoms with Gasteiger partial charge in [-0.05, 0) is 45.0 Å². The van der Waals surface area contributed by atoms with Crippen molar-refractivity contribution in [2.45, 2.75) is 26.4 Å². The highest BCUT2D eigenvalue weighted by Crippen LogP contribution is 2.33. The maximum absolute atomic E-state index is 12.6. The molecule has 3 heterocycles. The molecule has 2 aliphatic rings. The lowest BCUT2D eigenvalue weighted by molar-refractivity contribution is 0.0282. The molecule has 2 aliphatic heterocycles. The van der Waals surface area contributed by atoms with Crippen LogP contribution in [0.3, 0.4) is 0 Å². The Hall–Kier alpha value is -2.87. The summed E-state index contributed by atoms with van der Waals surface area (Å²) in [6.07, 6.45) is 2.87. The predicted molar refractivity (Wildman–Crippen MR) is 118 cm³/mol. The number of likely N-dealkylation sites (tertiary alicyclic amines) is 1. The van der Waals surface area contributed by atoms with E-state index in [2.05, 4.69) is 20.2 Å². The van der Waals surface area contributed by atoms with E-state index in [1.165, 1.54) is 6.20 Å². The third kappa shape index (κ3) is 5.07. The summed E-state index contributed by atoms with van der Waals surface area (Å²) in [6.45, 7) is 8.48. The van der Waals surface area contributed by atoms with Gasteiger partial charge in [-0.15, -0.1) is 0 Å². The van der Waals surface area contributed by atoms with Crippen LogP contribution < -0.4 is 10.2 Å². The van der Waals surface area contributed by atoms with Crippen molar-refractivity contribution >= 4 is 35.1 Å². The van der Waals surface area contributed by atoms with Crippen molar-refractivity contribution in [3.8, 4) is 0 Å². The average Bonchev–Trinajstić information content (AvgIpc) is 3.28. The molecule has 2 aromatic rings. The Bertz CT molecular complexity index is 962. The van der Waals surface area contributed by atoms with E-state index in [1.807, 2.05) is 20.8 Å². The first-order valence-electron chi connectivity index (χ1n) is 10.3. The number of rotatable bonds is 3. The molecule has 2 atom stereocenters. The van der Waals surface area contributed by atoms with Crippen LogP contribution in [0.15, 0.2) is 36.7 Å². The van der Waals surface area contributed by atoms with Crippen LogP contribution in [0.25, 0.3) is 0 Å². The van der Waals surface area contributed by atoms with Crippen molar-refractivity contribution in [2.24, 2.45) is 11.8 Å². The molecule has 1 aromatic carbocycles. The van der Waals surface area contributed by atoms with E-state index in [0.717, 1.165) is 13.1 Å². The molecule has 4 rings (SSSR count). The molecule has 2 saturated heterocycles. The Morgan fingerprint density at radius 1 is 1.06 bits per heavy atom. The van der Waals surface area contributed by atoms with Gasteiger partial charge >= 0.3 is 6.09 Å². The first kappa shape index (κ1) is 21.4. The van der Waals surface area contributed by atoms with Gasteiger partial charge in [0, 0.05) is 48.7 Å². The molecule has 0 radical (unpaired) electrons. The average molecular weight is 444 g/mol. The fraction of sp³-hybridized carbons (Fsp3) is 0.455. The van der Waals surface area contributed by atoms with Crippen molar-refractivity contribution in [1.82, 2.24) is 14.9 Å². The third-order valence-electron chi connectivity index (χ3n) is 5.42. The minimum absolute atomic E-state index is 0.250. The number of hydrogen-bond acceptors (Lipinski definition) is 6. The lowest BCUT2D eigenvalue weighted by atomic mass is 10.0. The summed E-state index contributed by atoms with van der Waals surface area (Å²) in [5.41, 5.74) is 0.392. The van der Waals surface area contributed by atoms with Crippen molar-refractivity contribution in [1.29, 1.82) is 0 Å². The zero-order valence-corrected chi connectivity index (χ0v) is 18.6. The van der Waals surface area contributed by atoms with Crippen LogP contribution in [-0.4, -0.2) is 58.6 Å². The summed E-state index contributed by atoms with van der Waals surface area (Å²) in [6, 6.07) is 6.89. The quantitative estimate of drug-likeness (QED) is 0.778. The molecule has 0 spiro atoms. The maximum atomic E-state index is 12.6. The summed E-state index contributed by atoms with van der Waals surface area (Å²) in [7, 11) is 0. The Morgan fingerprint density at radius 2 is 1.71 bits per heavy atom. The van der Waals surface area contributed by atoms with Gasteiger partial charge in [-0.3, -0.25) is 9.78 Å². The van der Waals surface area contributed by atoms with Gasteiger partial charge in [0.05, 0.1) is 12.4 Å². The minimum atomic E-state index is -0.497. The monoisotopic (exact) mass is 443 g/mol. The molecule has 1 N–H and O–H groups in total. The van der Waals surface area contributed by atoms with Crippen molar-refractivity contribution in [3.63, 3.8) is 0 Å². The number of ether oxygens (including phenoxy) is 1. The maximum Gasteiger partial charge on any atom is 0.410 e. The molecule has 0 bridgehead atoms. The molecule has 9 heteroatoms. The highest BCUT2D eigenvalue weighted by Gasteiger charge is 2.43. The fourth-order valence-corrected chi connectivity index (χ4v) is 4.13. The van der Waals surface area contributed by atoms with Gasteiger partial charge < -0.3 is 19.9 Å². The van der Waals surface area contributed by atoms with Crippen LogP contribution >= 0.6 is 11.6 Å². The van der Waals surface area contributed by atoms with Crippen LogP contribution in [0.5, 0.6) is 0 Å². The van der Waals surface area contributed by atoms with Crippen LogP contribution in [0.4, 0.5) is 16.3 Å². The smallest absolute Gasteiger partial charge is 0.410 e.